The van der Waals surface area contributed by atoms with Gasteiger partial charge in [0.25, 0.3) is 0 Å². The Kier molecular flexibility index (Phi) is 4.89. The number of halogens is 2. The molecule has 0 atom stereocenters. The fourth-order valence-corrected chi connectivity index (χ4v) is 2.55. The molecular weight excluding hydrogens is 299 g/mol. The number of hydrogen-bond acceptors (Lipinski definition) is 2. The highest BCUT2D eigenvalue weighted by molar-refractivity contribution is 6.39. The molecule has 1 aromatic rings. The largest absolute Gasteiger partial charge is 0.336 e. The number of nitrogens with zero attached hydrogens (tertiary/aromatic N) is 1. The molecule has 1 saturated carbocycles. The van der Waals surface area contributed by atoms with Crippen molar-refractivity contribution in [1.82, 2.24) is 4.90 Å². The summed E-state index contributed by atoms with van der Waals surface area (Å²) in [7, 11) is 1.63. The summed E-state index contributed by atoms with van der Waals surface area (Å²) >= 11 is 12.0. The number of anilines is 1. The molecule has 2 rings (SSSR count). The standard InChI is InChI=1S/C14H16Cl2N2O2/c1-18(14(20)9-4-2-5-9)8-12(19)17-13-10(15)6-3-7-11(13)16/h3,6-7,9H,2,4-5,8H2,1H3,(H,17,19). The van der Waals surface area contributed by atoms with Crippen molar-refractivity contribution in [3.63, 3.8) is 0 Å². The molecular formula is C14H16Cl2N2O2. The lowest BCUT2D eigenvalue weighted by atomic mass is 9.84. The Bertz CT molecular complexity index is 510. The maximum absolute atomic E-state index is 11.9. The highest BCUT2D eigenvalue weighted by atomic mass is 35.5. The van der Waals surface area contributed by atoms with Gasteiger partial charge in [0.15, 0.2) is 0 Å². The number of nitrogens with one attached hydrogen (secondary N) is 1. The maximum atomic E-state index is 11.9. The molecule has 0 unspecified atom stereocenters. The first-order chi connectivity index (χ1) is 9.49. The molecule has 0 radical (unpaired) electrons. The van der Waals surface area contributed by atoms with E-state index in [4.69, 9.17) is 23.2 Å². The van der Waals surface area contributed by atoms with E-state index in [9.17, 15) is 9.59 Å². The second-order valence-corrected chi connectivity index (χ2v) is 5.78. The van der Waals surface area contributed by atoms with Crippen LogP contribution < -0.4 is 5.32 Å². The first kappa shape index (κ1) is 15.1. The lowest BCUT2D eigenvalue weighted by molar-refractivity contribution is -0.139. The van der Waals surface area contributed by atoms with Crippen LogP contribution in [0.3, 0.4) is 0 Å². The number of carbonyl (C=O) groups is 2. The topological polar surface area (TPSA) is 49.4 Å². The predicted octanol–water partition coefficient (Wildman–Crippen LogP) is 3.19. The van der Waals surface area contributed by atoms with E-state index < -0.39 is 0 Å². The van der Waals surface area contributed by atoms with E-state index in [2.05, 4.69) is 5.32 Å². The fourth-order valence-electron chi connectivity index (χ4n) is 2.06. The number of rotatable bonds is 4. The molecule has 0 spiro atoms. The van der Waals surface area contributed by atoms with E-state index in [-0.39, 0.29) is 24.3 Å². The normalized spacial score (nSPS) is 14.6. The number of para-hydroxylation sites is 1. The lowest BCUT2D eigenvalue weighted by Gasteiger charge is -2.28. The Morgan fingerprint density at radius 3 is 2.40 bits per heavy atom. The van der Waals surface area contributed by atoms with Gasteiger partial charge in [-0.3, -0.25) is 9.59 Å². The molecule has 0 saturated heterocycles. The van der Waals surface area contributed by atoms with E-state index in [0.717, 1.165) is 19.3 Å². The number of hydrogen-bond donors (Lipinski definition) is 1. The van der Waals surface area contributed by atoms with Crippen LogP contribution in [0.2, 0.25) is 10.0 Å². The van der Waals surface area contributed by atoms with Crippen molar-refractivity contribution in [3.8, 4) is 0 Å². The van der Waals surface area contributed by atoms with Gasteiger partial charge < -0.3 is 10.2 Å². The molecule has 0 heterocycles. The second-order valence-electron chi connectivity index (χ2n) is 4.97. The third kappa shape index (κ3) is 3.44. The van der Waals surface area contributed by atoms with Gasteiger partial charge in [-0.15, -0.1) is 0 Å². The smallest absolute Gasteiger partial charge is 0.244 e. The van der Waals surface area contributed by atoms with Gasteiger partial charge in [-0.1, -0.05) is 35.7 Å². The van der Waals surface area contributed by atoms with E-state index in [1.54, 1.807) is 25.2 Å². The summed E-state index contributed by atoms with van der Waals surface area (Å²) in [6, 6.07) is 4.99. The Labute approximate surface area is 128 Å². The minimum Gasteiger partial charge on any atom is -0.336 e. The minimum atomic E-state index is -0.310. The number of carbonyl (C=O) groups excluding carboxylic acids is 2. The van der Waals surface area contributed by atoms with Crippen molar-refractivity contribution in [2.24, 2.45) is 5.92 Å². The van der Waals surface area contributed by atoms with Gasteiger partial charge in [-0.25, -0.2) is 0 Å². The molecule has 1 aliphatic carbocycles. The van der Waals surface area contributed by atoms with E-state index in [1.807, 2.05) is 0 Å². The zero-order valence-corrected chi connectivity index (χ0v) is 12.7. The van der Waals surface area contributed by atoms with Crippen LogP contribution in [0.4, 0.5) is 5.69 Å². The molecule has 1 fully saturated rings. The third-order valence-corrected chi connectivity index (χ3v) is 4.07. The molecule has 0 aliphatic heterocycles. The SMILES string of the molecule is CN(CC(=O)Nc1c(Cl)cccc1Cl)C(=O)C1CCC1. The van der Waals surface area contributed by atoms with Crippen molar-refractivity contribution in [2.75, 3.05) is 18.9 Å². The second kappa shape index (κ2) is 6.46. The average molecular weight is 315 g/mol. The van der Waals surface area contributed by atoms with Gasteiger partial charge in [0.1, 0.15) is 0 Å². The summed E-state index contributed by atoms with van der Waals surface area (Å²) in [5, 5.41) is 3.39. The van der Waals surface area contributed by atoms with Crippen LogP contribution in [0.15, 0.2) is 18.2 Å². The van der Waals surface area contributed by atoms with Crippen LogP contribution in [0, 0.1) is 5.92 Å². The van der Waals surface area contributed by atoms with Crippen LogP contribution >= 0.6 is 23.2 Å². The van der Waals surface area contributed by atoms with Crippen molar-refractivity contribution in [1.29, 1.82) is 0 Å². The zero-order valence-electron chi connectivity index (χ0n) is 11.2. The lowest BCUT2D eigenvalue weighted by Crippen LogP contribution is -2.40. The monoisotopic (exact) mass is 314 g/mol. The molecule has 1 aliphatic rings. The zero-order chi connectivity index (χ0) is 14.7. The summed E-state index contributed by atoms with van der Waals surface area (Å²) in [5.41, 5.74) is 0.380. The minimum absolute atomic E-state index is 0.00309. The highest BCUT2D eigenvalue weighted by Crippen LogP contribution is 2.30. The third-order valence-electron chi connectivity index (χ3n) is 3.44. The fraction of sp³-hybridized carbons (Fsp3) is 0.429. The van der Waals surface area contributed by atoms with Gasteiger partial charge in [0, 0.05) is 13.0 Å². The summed E-state index contributed by atoms with van der Waals surface area (Å²) in [5.74, 6) is -0.205. The van der Waals surface area contributed by atoms with Gasteiger partial charge in [0.05, 0.1) is 22.3 Å². The van der Waals surface area contributed by atoms with Crippen molar-refractivity contribution >= 4 is 40.7 Å². The van der Waals surface area contributed by atoms with Crippen molar-refractivity contribution in [2.45, 2.75) is 19.3 Å². The molecule has 4 nitrogen and oxygen atoms in total. The Morgan fingerprint density at radius 2 is 1.90 bits per heavy atom. The summed E-state index contributed by atoms with van der Waals surface area (Å²) in [6.07, 6.45) is 2.92. The molecule has 2 amide bonds. The van der Waals surface area contributed by atoms with Gasteiger partial charge >= 0.3 is 0 Å². The van der Waals surface area contributed by atoms with Gasteiger partial charge in [-0.05, 0) is 25.0 Å². The number of benzene rings is 1. The summed E-state index contributed by atoms with van der Waals surface area (Å²) in [6.45, 7) is -0.00309. The van der Waals surface area contributed by atoms with Crippen LogP contribution in [0.25, 0.3) is 0 Å². The first-order valence-electron chi connectivity index (χ1n) is 6.48. The Morgan fingerprint density at radius 1 is 1.30 bits per heavy atom. The molecule has 0 aromatic heterocycles. The molecule has 20 heavy (non-hydrogen) atoms. The molecule has 6 heteroatoms. The van der Waals surface area contributed by atoms with Crippen molar-refractivity contribution < 1.29 is 9.59 Å². The van der Waals surface area contributed by atoms with Crippen molar-refractivity contribution in [3.05, 3.63) is 28.2 Å². The average Bonchev–Trinajstić information content (AvgIpc) is 2.31. The van der Waals surface area contributed by atoms with E-state index in [1.165, 1.54) is 4.90 Å². The quantitative estimate of drug-likeness (QED) is 0.927. The molecule has 0 bridgehead atoms. The van der Waals surface area contributed by atoms with Crippen LogP contribution in [-0.2, 0) is 9.59 Å². The molecule has 108 valence electrons. The van der Waals surface area contributed by atoms with E-state index in [0.29, 0.717) is 15.7 Å². The van der Waals surface area contributed by atoms with Crippen LogP contribution in [-0.4, -0.2) is 30.3 Å². The number of likely N-dealkylation sites (N-methyl/N-ethyl adjacent to an activating group) is 1. The first-order valence-corrected chi connectivity index (χ1v) is 7.23. The summed E-state index contributed by atoms with van der Waals surface area (Å²) in [4.78, 5) is 25.3. The van der Waals surface area contributed by atoms with Crippen LogP contribution in [0.1, 0.15) is 19.3 Å². The Hall–Kier alpha value is -1.26. The maximum Gasteiger partial charge on any atom is 0.244 e. The highest BCUT2D eigenvalue weighted by Gasteiger charge is 2.28. The summed E-state index contributed by atoms with van der Waals surface area (Å²) < 4.78 is 0. The van der Waals surface area contributed by atoms with Gasteiger partial charge in [-0.2, -0.15) is 0 Å². The van der Waals surface area contributed by atoms with Gasteiger partial charge in [0.2, 0.25) is 11.8 Å². The molecule has 1 N–H and O–H groups in total. The Balaban J connectivity index is 1.93. The molecule has 1 aromatic carbocycles. The van der Waals surface area contributed by atoms with E-state index >= 15 is 0 Å². The van der Waals surface area contributed by atoms with Crippen LogP contribution in [0.5, 0.6) is 0 Å². The predicted molar refractivity (Wildman–Crippen MR) is 80.1 cm³/mol. The number of amides is 2.